The summed E-state index contributed by atoms with van der Waals surface area (Å²) in [5.74, 6) is -1.75. The molecule has 3 aliphatic heterocycles. The quantitative estimate of drug-likeness (QED) is 0.332. The molecule has 1 aromatic rings. The summed E-state index contributed by atoms with van der Waals surface area (Å²) in [6.45, 7) is 12.2. The number of carbonyl (C=O) groups excluding carboxylic acids is 3. The molecule has 7 atom stereocenters. The fraction of sp³-hybridized carbons (Fsp3) is 0.679. The molecule has 10 heteroatoms. The van der Waals surface area contributed by atoms with Crippen LogP contribution in [-0.4, -0.2) is 80.9 Å². The van der Waals surface area contributed by atoms with Gasteiger partial charge in [0.15, 0.2) is 0 Å². The van der Waals surface area contributed by atoms with Crippen molar-refractivity contribution in [2.24, 2.45) is 17.8 Å². The molecule has 1 aromatic carbocycles. The highest BCUT2D eigenvalue weighted by Crippen LogP contribution is 2.68. The molecular weight excluding hydrogens is 568 g/mol. The zero-order chi connectivity index (χ0) is 27.8. The lowest BCUT2D eigenvalue weighted by Crippen LogP contribution is -2.56. The summed E-state index contributed by atoms with van der Waals surface area (Å²) in [7, 11) is 0. The van der Waals surface area contributed by atoms with E-state index in [1.807, 2.05) is 45.0 Å². The fourth-order valence-electron chi connectivity index (χ4n) is 6.57. The Balaban J connectivity index is 1.70. The molecule has 0 aliphatic carbocycles. The molecule has 8 nitrogen and oxygen atoms in total. The smallest absolute Gasteiger partial charge is 0.248 e. The summed E-state index contributed by atoms with van der Waals surface area (Å²) in [6, 6.07) is 6.45. The number of rotatable bonds is 11. The molecule has 0 radical (unpaired) electrons. The number of amides is 3. The van der Waals surface area contributed by atoms with Gasteiger partial charge in [0.2, 0.25) is 17.7 Å². The fourth-order valence-corrected chi connectivity index (χ4v) is 10.2. The van der Waals surface area contributed by atoms with Crippen molar-refractivity contribution in [1.82, 2.24) is 10.2 Å². The number of hydrogen-bond acceptors (Lipinski definition) is 6. The second-order valence-corrected chi connectivity index (χ2v) is 13.6. The van der Waals surface area contributed by atoms with Crippen LogP contribution in [0.5, 0.6) is 0 Å². The summed E-state index contributed by atoms with van der Waals surface area (Å²) in [5.41, 5.74) is 1.74. The van der Waals surface area contributed by atoms with E-state index in [-0.39, 0.29) is 40.3 Å². The molecule has 3 saturated heterocycles. The van der Waals surface area contributed by atoms with Crippen molar-refractivity contribution in [3.8, 4) is 0 Å². The first-order valence-corrected chi connectivity index (χ1v) is 15.6. The summed E-state index contributed by atoms with van der Waals surface area (Å²) in [4.78, 5) is 45.4. The van der Waals surface area contributed by atoms with Gasteiger partial charge in [-0.3, -0.25) is 14.4 Å². The highest BCUT2D eigenvalue weighted by molar-refractivity contribution is 9.09. The third-order valence-corrected chi connectivity index (χ3v) is 11.6. The average molecular weight is 610 g/mol. The molecule has 3 N–H and O–H groups in total. The second kappa shape index (κ2) is 11.8. The highest BCUT2D eigenvalue weighted by Gasteiger charge is 2.76. The Morgan fingerprint density at radius 2 is 1.84 bits per heavy atom. The van der Waals surface area contributed by atoms with Crippen LogP contribution in [0.3, 0.4) is 0 Å². The van der Waals surface area contributed by atoms with Crippen LogP contribution in [-0.2, 0) is 14.4 Å². The maximum Gasteiger partial charge on any atom is 0.248 e. The Morgan fingerprint density at radius 1 is 1.18 bits per heavy atom. The molecule has 2 bridgehead atoms. The monoisotopic (exact) mass is 608 g/mol. The van der Waals surface area contributed by atoms with Gasteiger partial charge in [0.25, 0.3) is 0 Å². The van der Waals surface area contributed by atoms with E-state index >= 15 is 0 Å². The molecular formula is C28H41BrN4O4S. The largest absolute Gasteiger partial charge is 0.394 e. The van der Waals surface area contributed by atoms with Gasteiger partial charge in [-0.05, 0) is 56.9 Å². The van der Waals surface area contributed by atoms with Gasteiger partial charge in [-0.2, -0.15) is 0 Å². The standard InChI is InChI=1S/C28H41BrN4O4S/c1-6-13-30-25(35)21-22-27(37)33(20(15-34)16(4)5)24(28(22)14-19(29)23(21)38-28)26(36)31-17-9-11-18(12-10-17)32(7-2)8-3/h9-12,16,19-24,34H,6-8,13-15H2,1-5H3,(H,30,35)(H,31,36)/t19?,20-,21-,22-,23-,24?,28?/m0/s1. The molecule has 1 spiro atoms. The molecule has 0 aromatic heterocycles. The van der Waals surface area contributed by atoms with Gasteiger partial charge >= 0.3 is 0 Å². The minimum absolute atomic E-state index is 0.0177. The lowest BCUT2D eigenvalue weighted by Gasteiger charge is -2.38. The van der Waals surface area contributed by atoms with E-state index in [9.17, 15) is 19.5 Å². The van der Waals surface area contributed by atoms with E-state index in [4.69, 9.17) is 0 Å². The summed E-state index contributed by atoms with van der Waals surface area (Å²) in [6.07, 6.45) is 1.42. The van der Waals surface area contributed by atoms with Crippen molar-refractivity contribution in [3.63, 3.8) is 0 Å². The molecule has 0 saturated carbocycles. The van der Waals surface area contributed by atoms with Crippen LogP contribution in [0.2, 0.25) is 0 Å². The van der Waals surface area contributed by atoms with Crippen LogP contribution in [0.4, 0.5) is 11.4 Å². The topological polar surface area (TPSA) is 102 Å². The van der Waals surface area contributed by atoms with Gasteiger partial charge in [0.1, 0.15) is 6.04 Å². The number of halogens is 1. The number of nitrogens with zero attached hydrogens (tertiary/aromatic N) is 2. The lowest BCUT2D eigenvalue weighted by atomic mass is 9.70. The van der Waals surface area contributed by atoms with Crippen molar-refractivity contribution >= 4 is 56.8 Å². The predicted octanol–water partition coefficient (Wildman–Crippen LogP) is 3.48. The number of alkyl halides is 1. The van der Waals surface area contributed by atoms with Crippen LogP contribution >= 0.6 is 27.7 Å². The molecule has 3 aliphatic rings. The van der Waals surface area contributed by atoms with E-state index in [0.717, 1.165) is 25.2 Å². The van der Waals surface area contributed by atoms with Gasteiger partial charge < -0.3 is 25.5 Å². The van der Waals surface area contributed by atoms with Gasteiger partial charge in [-0.1, -0.05) is 36.7 Å². The molecule has 3 heterocycles. The minimum atomic E-state index is -0.791. The first-order chi connectivity index (χ1) is 18.1. The maximum absolute atomic E-state index is 14.1. The Bertz CT molecular complexity index is 1040. The third-order valence-electron chi connectivity index (χ3n) is 8.40. The van der Waals surface area contributed by atoms with Gasteiger partial charge in [0, 0.05) is 41.1 Å². The zero-order valence-electron chi connectivity index (χ0n) is 22.9. The lowest BCUT2D eigenvalue weighted by molar-refractivity contribution is -0.142. The number of thioether (sulfide) groups is 1. The number of aliphatic hydroxyl groups excluding tert-OH is 1. The Labute approximate surface area is 238 Å². The van der Waals surface area contributed by atoms with Crippen molar-refractivity contribution in [2.45, 2.75) is 74.4 Å². The zero-order valence-corrected chi connectivity index (χ0v) is 25.3. The number of hydrogen-bond donors (Lipinski definition) is 3. The molecule has 38 heavy (non-hydrogen) atoms. The van der Waals surface area contributed by atoms with Crippen molar-refractivity contribution in [3.05, 3.63) is 24.3 Å². The summed E-state index contributed by atoms with van der Waals surface area (Å²) in [5, 5.41) is 16.3. The molecule has 3 unspecified atom stereocenters. The van der Waals surface area contributed by atoms with Crippen LogP contribution in [0.25, 0.3) is 0 Å². The van der Waals surface area contributed by atoms with Crippen molar-refractivity contribution in [2.75, 3.05) is 36.5 Å². The molecule has 210 valence electrons. The number of aliphatic hydroxyl groups is 1. The Morgan fingerprint density at radius 3 is 2.39 bits per heavy atom. The Hall–Kier alpha value is -1.78. The van der Waals surface area contributed by atoms with E-state index in [1.165, 1.54) is 0 Å². The number of likely N-dealkylation sites (tertiary alicyclic amines) is 1. The normalized spacial score (nSPS) is 30.5. The summed E-state index contributed by atoms with van der Waals surface area (Å²) >= 11 is 5.40. The first-order valence-electron chi connectivity index (χ1n) is 13.8. The van der Waals surface area contributed by atoms with Crippen LogP contribution in [0.1, 0.15) is 47.5 Å². The van der Waals surface area contributed by atoms with Crippen LogP contribution in [0, 0.1) is 17.8 Å². The average Bonchev–Trinajstić information content (AvgIpc) is 3.48. The number of carbonyl (C=O) groups is 3. The number of fused-ring (bicyclic) bond motifs is 1. The number of nitrogens with one attached hydrogen (secondary N) is 2. The number of anilines is 2. The molecule has 4 rings (SSSR count). The SMILES string of the molecule is CCCNC(=O)[C@H]1[C@H]2C(=O)N([C@@H](CO)C(C)C)C(C(=O)Nc3ccc(N(CC)CC)cc3)C23CC(Br)[C@@H]1S3. The van der Waals surface area contributed by atoms with Crippen molar-refractivity contribution in [1.29, 1.82) is 0 Å². The van der Waals surface area contributed by atoms with E-state index < -0.39 is 28.7 Å². The number of benzene rings is 1. The first kappa shape index (κ1) is 29.2. The second-order valence-electron chi connectivity index (χ2n) is 10.9. The van der Waals surface area contributed by atoms with Crippen LogP contribution in [0.15, 0.2) is 24.3 Å². The van der Waals surface area contributed by atoms with Gasteiger partial charge in [0.05, 0.1) is 29.2 Å². The summed E-state index contributed by atoms with van der Waals surface area (Å²) < 4.78 is -0.738. The van der Waals surface area contributed by atoms with E-state index in [2.05, 4.69) is 45.3 Å². The molecule has 3 fully saturated rings. The van der Waals surface area contributed by atoms with Gasteiger partial charge in [-0.15, -0.1) is 11.8 Å². The Kier molecular flexibility index (Phi) is 9.04. The van der Waals surface area contributed by atoms with E-state index in [1.54, 1.807) is 16.7 Å². The van der Waals surface area contributed by atoms with E-state index in [0.29, 0.717) is 18.7 Å². The third kappa shape index (κ3) is 4.85. The van der Waals surface area contributed by atoms with Crippen molar-refractivity contribution < 1.29 is 19.5 Å². The minimum Gasteiger partial charge on any atom is -0.394 e. The van der Waals surface area contributed by atoms with Crippen LogP contribution < -0.4 is 15.5 Å². The predicted molar refractivity (Wildman–Crippen MR) is 157 cm³/mol. The van der Waals surface area contributed by atoms with Gasteiger partial charge in [-0.25, -0.2) is 0 Å². The maximum atomic E-state index is 14.1. The molecule has 3 amide bonds. The highest BCUT2D eigenvalue weighted by atomic mass is 79.9.